The molecule has 0 aliphatic carbocycles. The highest BCUT2D eigenvalue weighted by molar-refractivity contribution is 5.90. The zero-order valence-electron chi connectivity index (χ0n) is 16.8. The number of benzene rings is 1. The van der Waals surface area contributed by atoms with Crippen LogP contribution in [0.5, 0.6) is 0 Å². The first-order chi connectivity index (χ1) is 13.1. The fraction of sp³-hybridized carbons (Fsp3) is 0.571. The van der Waals surface area contributed by atoms with Gasteiger partial charge >= 0.3 is 0 Å². The molecule has 2 saturated heterocycles. The van der Waals surface area contributed by atoms with Gasteiger partial charge in [-0.3, -0.25) is 14.4 Å². The van der Waals surface area contributed by atoms with E-state index in [2.05, 4.69) is 0 Å². The minimum atomic E-state index is -0.321. The summed E-state index contributed by atoms with van der Waals surface area (Å²) in [5, 5.41) is 0. The van der Waals surface area contributed by atoms with Crippen LogP contribution in [0.25, 0.3) is 0 Å². The maximum absolute atomic E-state index is 13.0. The second-order valence-electron chi connectivity index (χ2n) is 8.59. The normalized spacial score (nSPS) is 20.6. The van der Waals surface area contributed by atoms with Crippen molar-refractivity contribution in [3.63, 3.8) is 0 Å². The van der Waals surface area contributed by atoms with Crippen LogP contribution in [0.4, 0.5) is 4.39 Å². The van der Waals surface area contributed by atoms with Crippen molar-refractivity contribution in [2.75, 3.05) is 32.7 Å². The quantitative estimate of drug-likeness (QED) is 0.790. The smallest absolute Gasteiger partial charge is 0.228 e. The molecule has 1 aromatic carbocycles. The van der Waals surface area contributed by atoms with Crippen molar-refractivity contribution in [2.24, 2.45) is 5.92 Å². The summed E-state index contributed by atoms with van der Waals surface area (Å²) in [6, 6.07) is 5.93. The zero-order chi connectivity index (χ0) is 20.5. The van der Waals surface area contributed by atoms with Gasteiger partial charge in [-0.1, -0.05) is 12.1 Å². The molecule has 28 heavy (non-hydrogen) atoms. The van der Waals surface area contributed by atoms with E-state index in [1.807, 2.05) is 20.8 Å². The van der Waals surface area contributed by atoms with Crippen molar-refractivity contribution >= 4 is 17.7 Å². The van der Waals surface area contributed by atoms with E-state index in [1.54, 1.807) is 26.8 Å². The van der Waals surface area contributed by atoms with E-state index < -0.39 is 0 Å². The SMILES string of the molecule is CC(C)(C)N1CC(C(=O)N2CCN(C(=O)Cc3ccc(F)cc3)CC2)CC1=O. The van der Waals surface area contributed by atoms with Gasteiger partial charge in [0.1, 0.15) is 5.82 Å². The Hall–Kier alpha value is -2.44. The molecule has 3 amide bonds. The van der Waals surface area contributed by atoms with Gasteiger partial charge in [0.15, 0.2) is 0 Å². The molecule has 3 rings (SSSR count). The minimum absolute atomic E-state index is 0.00531. The lowest BCUT2D eigenvalue weighted by atomic mass is 10.1. The molecule has 2 aliphatic heterocycles. The molecule has 6 nitrogen and oxygen atoms in total. The van der Waals surface area contributed by atoms with Gasteiger partial charge in [-0.15, -0.1) is 0 Å². The molecule has 0 spiro atoms. The van der Waals surface area contributed by atoms with Gasteiger partial charge in [0.05, 0.1) is 12.3 Å². The number of hydrogen-bond donors (Lipinski definition) is 0. The molecule has 1 aromatic rings. The predicted octanol–water partition coefficient (Wildman–Crippen LogP) is 1.69. The maximum atomic E-state index is 13.0. The van der Waals surface area contributed by atoms with Gasteiger partial charge in [-0.2, -0.15) is 0 Å². The van der Waals surface area contributed by atoms with Crippen LogP contribution in [0.1, 0.15) is 32.8 Å². The van der Waals surface area contributed by atoms with Crippen molar-refractivity contribution in [3.05, 3.63) is 35.6 Å². The Bertz CT molecular complexity index is 749. The fourth-order valence-electron chi connectivity index (χ4n) is 3.84. The van der Waals surface area contributed by atoms with Crippen LogP contribution in [-0.2, 0) is 20.8 Å². The summed E-state index contributed by atoms with van der Waals surface area (Å²) in [6.45, 7) is 8.31. The summed E-state index contributed by atoms with van der Waals surface area (Å²) in [5.74, 6) is -0.606. The largest absolute Gasteiger partial charge is 0.339 e. The number of carbonyl (C=O) groups excluding carboxylic acids is 3. The molecule has 0 aromatic heterocycles. The highest BCUT2D eigenvalue weighted by Crippen LogP contribution is 2.27. The standard InChI is InChI=1S/C21H28FN3O3/c1-21(2,3)25-14-16(13-19(25)27)20(28)24-10-8-23(9-11-24)18(26)12-15-4-6-17(22)7-5-15/h4-7,16H,8-14H2,1-3H3. The third kappa shape index (κ3) is 4.51. The van der Waals surface area contributed by atoms with Gasteiger partial charge in [0, 0.05) is 44.7 Å². The van der Waals surface area contributed by atoms with Crippen molar-refractivity contribution in [1.82, 2.24) is 14.7 Å². The Morgan fingerprint density at radius 2 is 1.61 bits per heavy atom. The van der Waals surface area contributed by atoms with E-state index >= 15 is 0 Å². The maximum Gasteiger partial charge on any atom is 0.228 e. The van der Waals surface area contributed by atoms with Crippen LogP contribution in [0, 0.1) is 11.7 Å². The Morgan fingerprint density at radius 3 is 2.14 bits per heavy atom. The first-order valence-electron chi connectivity index (χ1n) is 9.76. The van der Waals surface area contributed by atoms with Crippen molar-refractivity contribution in [3.8, 4) is 0 Å². The van der Waals surface area contributed by atoms with Gasteiger partial charge in [-0.05, 0) is 38.5 Å². The zero-order valence-corrected chi connectivity index (χ0v) is 16.8. The molecular formula is C21H28FN3O3. The van der Waals surface area contributed by atoms with Crippen molar-refractivity contribution < 1.29 is 18.8 Å². The first-order valence-corrected chi connectivity index (χ1v) is 9.76. The third-order valence-corrected chi connectivity index (χ3v) is 5.50. The fourth-order valence-corrected chi connectivity index (χ4v) is 3.84. The van der Waals surface area contributed by atoms with Crippen LogP contribution >= 0.6 is 0 Å². The molecule has 152 valence electrons. The first kappa shape index (κ1) is 20.3. The number of carbonyl (C=O) groups is 3. The third-order valence-electron chi connectivity index (χ3n) is 5.50. The number of likely N-dealkylation sites (tertiary alicyclic amines) is 1. The van der Waals surface area contributed by atoms with E-state index in [-0.39, 0.29) is 47.8 Å². The lowest BCUT2D eigenvalue weighted by Crippen LogP contribution is -2.52. The highest BCUT2D eigenvalue weighted by Gasteiger charge is 2.41. The Balaban J connectivity index is 1.51. The number of hydrogen-bond acceptors (Lipinski definition) is 3. The monoisotopic (exact) mass is 389 g/mol. The molecule has 0 bridgehead atoms. The van der Waals surface area contributed by atoms with E-state index in [0.717, 1.165) is 5.56 Å². The molecular weight excluding hydrogens is 361 g/mol. The molecule has 0 saturated carbocycles. The molecule has 0 N–H and O–H groups in total. The summed E-state index contributed by atoms with van der Waals surface area (Å²) in [4.78, 5) is 42.8. The number of piperazine rings is 1. The van der Waals surface area contributed by atoms with E-state index in [9.17, 15) is 18.8 Å². The average molecular weight is 389 g/mol. The molecule has 1 unspecified atom stereocenters. The second-order valence-corrected chi connectivity index (χ2v) is 8.59. The van der Waals surface area contributed by atoms with E-state index in [4.69, 9.17) is 0 Å². The molecule has 2 aliphatic rings. The Kier molecular flexibility index (Phi) is 5.72. The van der Waals surface area contributed by atoms with Crippen molar-refractivity contribution in [1.29, 1.82) is 0 Å². The predicted molar refractivity (Wildman–Crippen MR) is 103 cm³/mol. The van der Waals surface area contributed by atoms with Crippen LogP contribution in [0.15, 0.2) is 24.3 Å². The summed E-state index contributed by atoms with van der Waals surface area (Å²) in [6.07, 6.45) is 0.492. The average Bonchev–Trinajstić information content (AvgIpc) is 3.05. The van der Waals surface area contributed by atoms with Crippen molar-refractivity contribution in [2.45, 2.75) is 39.2 Å². The summed E-state index contributed by atoms with van der Waals surface area (Å²) in [5.41, 5.74) is 0.494. The second kappa shape index (κ2) is 7.89. The molecule has 2 fully saturated rings. The van der Waals surface area contributed by atoms with Gasteiger partial charge < -0.3 is 14.7 Å². The summed E-state index contributed by atoms with van der Waals surface area (Å²) in [7, 11) is 0. The number of amides is 3. The lowest BCUT2D eigenvalue weighted by Gasteiger charge is -2.36. The summed E-state index contributed by atoms with van der Waals surface area (Å²) >= 11 is 0. The van der Waals surface area contributed by atoms with E-state index in [0.29, 0.717) is 32.7 Å². The van der Waals surface area contributed by atoms with Crippen LogP contribution in [0.2, 0.25) is 0 Å². The van der Waals surface area contributed by atoms with Gasteiger partial charge in [0.2, 0.25) is 17.7 Å². The van der Waals surface area contributed by atoms with Crippen LogP contribution < -0.4 is 0 Å². The Morgan fingerprint density at radius 1 is 1.04 bits per heavy atom. The number of halogens is 1. The van der Waals surface area contributed by atoms with E-state index in [1.165, 1.54) is 12.1 Å². The molecule has 2 heterocycles. The van der Waals surface area contributed by atoms with Gasteiger partial charge in [0.25, 0.3) is 0 Å². The molecule has 1 atom stereocenters. The summed E-state index contributed by atoms with van der Waals surface area (Å²) < 4.78 is 13.0. The van der Waals surface area contributed by atoms with Crippen LogP contribution in [-0.4, -0.2) is 70.7 Å². The number of rotatable bonds is 3. The topological polar surface area (TPSA) is 60.9 Å². The lowest BCUT2D eigenvalue weighted by molar-refractivity contribution is -0.141. The molecule has 7 heteroatoms. The molecule has 0 radical (unpaired) electrons. The highest BCUT2D eigenvalue weighted by atomic mass is 19.1. The van der Waals surface area contributed by atoms with Gasteiger partial charge in [-0.25, -0.2) is 4.39 Å². The Labute approximate surface area is 165 Å². The number of nitrogens with zero attached hydrogens (tertiary/aromatic N) is 3. The minimum Gasteiger partial charge on any atom is -0.339 e. The van der Waals surface area contributed by atoms with Crippen LogP contribution in [0.3, 0.4) is 0 Å².